The Morgan fingerprint density at radius 2 is 1.22 bits per heavy atom. The summed E-state index contributed by atoms with van der Waals surface area (Å²) in [6.07, 6.45) is 6.93. The van der Waals surface area contributed by atoms with Crippen molar-refractivity contribution in [3.05, 3.63) is 97.1 Å². The topological polar surface area (TPSA) is 208 Å². The first-order valence-electron chi connectivity index (χ1n) is 18.0. The Bertz CT molecular complexity index is 2470. The van der Waals surface area contributed by atoms with Crippen molar-refractivity contribution in [2.45, 2.75) is 32.4 Å². The summed E-state index contributed by atoms with van der Waals surface area (Å²) in [7, 11) is 0. The molecule has 2 fully saturated rings. The third-order valence-electron chi connectivity index (χ3n) is 10.1. The summed E-state index contributed by atoms with van der Waals surface area (Å²) in [5.41, 5.74) is 23.4. The molecule has 0 bridgehead atoms. The minimum absolute atomic E-state index is 0.443. The number of fused-ring (bicyclic) bond motifs is 6. The number of hydrogen-bond donors (Lipinski definition) is 6. The molecule has 0 spiro atoms. The van der Waals surface area contributed by atoms with E-state index < -0.39 is 0 Å². The minimum Gasteiger partial charge on any atom is -0.382 e. The summed E-state index contributed by atoms with van der Waals surface area (Å²) in [5.74, 6) is 2.65. The first-order valence-corrected chi connectivity index (χ1v) is 18.0. The molecule has 15 heteroatoms. The standard InChI is InChI=1S/C20H21N7.C19H19N7O/c1-12-4-2-3-9-27(12)11-17-24-18-14-6-5-13(15-7-8-22-26-15)10-16(14)23-20(21)19(18)25-17;1-11-10-27-7-6-26(11)9-16-23-17-13-3-2-12(14-4-5-21-25-14)8-15(13)22-19(20)18(17)24-16/h5-8,10H,1-4,9,11H2,(H2,21,23)(H,22,26)(H,24,25);2-5,8H,1,6-7,9-10H2,(H2,20,22)(H,21,25)(H,23,24). The number of allylic oxidation sites excluding steroid dienone is 1. The fourth-order valence-corrected chi connectivity index (χ4v) is 7.25. The van der Waals surface area contributed by atoms with Crippen LogP contribution in [0.1, 0.15) is 30.9 Å². The van der Waals surface area contributed by atoms with E-state index in [-0.39, 0.29) is 0 Å². The number of imidazole rings is 2. The largest absolute Gasteiger partial charge is 0.382 e. The zero-order valence-electron chi connectivity index (χ0n) is 29.7. The molecule has 0 radical (unpaired) electrons. The molecule has 0 saturated carbocycles. The number of rotatable bonds is 6. The fourth-order valence-electron chi connectivity index (χ4n) is 7.25. The highest BCUT2D eigenvalue weighted by Crippen LogP contribution is 2.32. The molecular weight excluding hydrogens is 681 g/mol. The number of pyridine rings is 2. The summed E-state index contributed by atoms with van der Waals surface area (Å²) in [6, 6.07) is 16.0. The number of nitrogens with two attached hydrogens (primary N) is 2. The van der Waals surface area contributed by atoms with Crippen molar-refractivity contribution in [1.82, 2.24) is 60.1 Å². The van der Waals surface area contributed by atoms with Gasteiger partial charge in [0.25, 0.3) is 0 Å². The number of piperidine rings is 1. The number of H-pyrrole nitrogens is 4. The van der Waals surface area contributed by atoms with Gasteiger partial charge >= 0.3 is 0 Å². The lowest BCUT2D eigenvalue weighted by molar-refractivity contribution is 0.0699. The Kier molecular flexibility index (Phi) is 8.38. The summed E-state index contributed by atoms with van der Waals surface area (Å²) >= 11 is 0. The van der Waals surface area contributed by atoms with E-state index in [1.807, 2.05) is 48.5 Å². The van der Waals surface area contributed by atoms with E-state index in [0.29, 0.717) is 31.4 Å². The second-order valence-corrected chi connectivity index (χ2v) is 13.7. The van der Waals surface area contributed by atoms with Crippen LogP contribution in [0.3, 0.4) is 0 Å². The van der Waals surface area contributed by atoms with Crippen LogP contribution in [-0.2, 0) is 17.8 Å². The van der Waals surface area contributed by atoms with Crippen molar-refractivity contribution in [3.8, 4) is 22.5 Å². The molecule has 0 aliphatic carbocycles. The lowest BCUT2D eigenvalue weighted by Gasteiger charge is -2.30. The summed E-state index contributed by atoms with van der Waals surface area (Å²) in [5, 5.41) is 15.9. The Labute approximate surface area is 309 Å². The third-order valence-corrected chi connectivity index (χ3v) is 10.1. The van der Waals surface area contributed by atoms with Crippen molar-refractivity contribution < 1.29 is 4.74 Å². The molecule has 8 aromatic rings. The highest BCUT2D eigenvalue weighted by atomic mass is 16.5. The van der Waals surface area contributed by atoms with Gasteiger partial charge in [-0.15, -0.1) is 0 Å². The lowest BCUT2D eigenvalue weighted by Crippen LogP contribution is -2.33. The third kappa shape index (κ3) is 6.23. The van der Waals surface area contributed by atoms with E-state index in [1.165, 1.54) is 18.5 Å². The number of anilines is 2. The Morgan fingerprint density at radius 3 is 1.72 bits per heavy atom. The van der Waals surface area contributed by atoms with Gasteiger partial charge in [-0.05, 0) is 55.7 Å². The molecule has 8 N–H and O–H groups in total. The van der Waals surface area contributed by atoms with Gasteiger partial charge in [0.05, 0.1) is 48.7 Å². The molecule has 272 valence electrons. The molecule has 2 aromatic carbocycles. The first kappa shape index (κ1) is 33.1. The van der Waals surface area contributed by atoms with Crippen LogP contribution in [0.5, 0.6) is 0 Å². The van der Waals surface area contributed by atoms with Crippen molar-refractivity contribution >= 4 is 55.5 Å². The van der Waals surface area contributed by atoms with Gasteiger partial charge in [-0.3, -0.25) is 10.2 Å². The number of nitrogens with one attached hydrogen (secondary N) is 4. The zero-order chi connectivity index (χ0) is 36.8. The van der Waals surface area contributed by atoms with Crippen LogP contribution in [-0.4, -0.2) is 86.4 Å². The van der Waals surface area contributed by atoms with Crippen molar-refractivity contribution in [2.24, 2.45) is 0 Å². The van der Waals surface area contributed by atoms with Crippen LogP contribution < -0.4 is 11.5 Å². The number of nitrogen functional groups attached to an aromatic ring is 2. The highest BCUT2D eigenvalue weighted by Gasteiger charge is 2.19. The number of aromatic amines is 4. The van der Waals surface area contributed by atoms with E-state index >= 15 is 0 Å². The quantitative estimate of drug-likeness (QED) is 0.117. The summed E-state index contributed by atoms with van der Waals surface area (Å²) in [4.78, 5) is 30.0. The minimum atomic E-state index is 0.443. The SMILES string of the molecule is C=C1CCCCN1Cc1nc2c([nH]1)c(N)nc1cc(-c3ccn[nH]3)ccc12.C=C1COCCN1Cc1nc2c([nH]1)c(N)nc1cc(-c3ccn[nH]3)ccc12. The lowest BCUT2D eigenvalue weighted by atomic mass is 10.1. The molecule has 2 saturated heterocycles. The van der Waals surface area contributed by atoms with Crippen LogP contribution in [0.15, 0.2) is 85.5 Å². The van der Waals surface area contributed by atoms with Gasteiger partial charge in [0.2, 0.25) is 0 Å². The van der Waals surface area contributed by atoms with E-state index in [0.717, 1.165) is 110 Å². The molecule has 15 nitrogen and oxygen atoms in total. The predicted octanol–water partition coefficient (Wildman–Crippen LogP) is 6.01. The maximum Gasteiger partial charge on any atom is 0.150 e. The number of nitrogens with zero attached hydrogens (tertiary/aromatic N) is 8. The number of hydrogen-bond acceptors (Lipinski definition) is 11. The van der Waals surface area contributed by atoms with Gasteiger partial charge in [-0.25, -0.2) is 19.9 Å². The summed E-state index contributed by atoms with van der Waals surface area (Å²) < 4.78 is 5.42. The maximum absolute atomic E-state index is 6.23. The van der Waals surface area contributed by atoms with Gasteiger partial charge in [0.1, 0.15) is 45.4 Å². The Hall–Kier alpha value is -6.74. The maximum atomic E-state index is 6.23. The van der Waals surface area contributed by atoms with E-state index in [2.05, 4.69) is 63.3 Å². The smallest absolute Gasteiger partial charge is 0.150 e. The molecule has 6 aromatic heterocycles. The number of ether oxygens (including phenoxy) is 1. The highest BCUT2D eigenvalue weighted by molar-refractivity contribution is 6.08. The van der Waals surface area contributed by atoms with E-state index in [1.54, 1.807) is 12.4 Å². The van der Waals surface area contributed by atoms with Crippen LogP contribution in [0.2, 0.25) is 0 Å². The second-order valence-electron chi connectivity index (χ2n) is 13.7. The number of benzene rings is 2. The molecule has 54 heavy (non-hydrogen) atoms. The van der Waals surface area contributed by atoms with Crippen LogP contribution in [0.25, 0.3) is 66.4 Å². The van der Waals surface area contributed by atoms with Gasteiger partial charge in [0, 0.05) is 58.8 Å². The van der Waals surface area contributed by atoms with Crippen molar-refractivity contribution in [2.75, 3.05) is 37.8 Å². The van der Waals surface area contributed by atoms with Crippen LogP contribution in [0.4, 0.5) is 11.6 Å². The second kappa shape index (κ2) is 13.7. The molecule has 0 unspecified atom stereocenters. The molecule has 0 atom stereocenters. The molecule has 2 aliphatic rings. The number of aromatic nitrogens is 10. The zero-order valence-corrected chi connectivity index (χ0v) is 29.7. The average Bonchev–Trinajstić information content (AvgIpc) is 4.01. The predicted molar refractivity (Wildman–Crippen MR) is 211 cm³/mol. The first-order chi connectivity index (χ1) is 26.4. The van der Waals surface area contributed by atoms with Gasteiger partial charge in [-0.2, -0.15) is 10.2 Å². The van der Waals surface area contributed by atoms with Gasteiger partial charge < -0.3 is 36.0 Å². The van der Waals surface area contributed by atoms with Gasteiger partial charge in [0.15, 0.2) is 0 Å². The molecular formula is C39H40N14O. The van der Waals surface area contributed by atoms with E-state index in [9.17, 15) is 0 Å². The molecule has 10 rings (SSSR count). The van der Waals surface area contributed by atoms with Crippen LogP contribution in [0, 0.1) is 0 Å². The number of likely N-dealkylation sites (tertiary alicyclic amines) is 1. The molecule has 0 amide bonds. The normalized spacial score (nSPS) is 15.1. The average molecular weight is 721 g/mol. The number of morpholine rings is 1. The van der Waals surface area contributed by atoms with Crippen LogP contribution >= 0.6 is 0 Å². The van der Waals surface area contributed by atoms with Gasteiger partial charge in [-0.1, -0.05) is 25.3 Å². The van der Waals surface area contributed by atoms with E-state index in [4.69, 9.17) is 26.2 Å². The molecule has 2 aliphatic heterocycles. The summed E-state index contributed by atoms with van der Waals surface area (Å²) in [6.45, 7) is 12.7. The van der Waals surface area contributed by atoms with Crippen molar-refractivity contribution in [3.63, 3.8) is 0 Å². The Balaban J connectivity index is 0.000000142. The Morgan fingerprint density at radius 1 is 0.667 bits per heavy atom. The van der Waals surface area contributed by atoms with Crippen molar-refractivity contribution in [1.29, 1.82) is 0 Å². The molecule has 8 heterocycles. The fraction of sp³-hybridized carbons (Fsp3) is 0.231. The monoisotopic (exact) mass is 720 g/mol.